The predicted molar refractivity (Wildman–Crippen MR) is 75.3 cm³/mol. The monoisotopic (exact) mass is 266 g/mol. The second-order valence-corrected chi connectivity index (χ2v) is 5.19. The predicted octanol–water partition coefficient (Wildman–Crippen LogP) is 3.25. The molecule has 1 saturated heterocycles. The molecule has 0 bridgehead atoms. The van der Waals surface area contributed by atoms with Gasteiger partial charge in [-0.25, -0.2) is 0 Å². The van der Waals surface area contributed by atoms with Crippen molar-refractivity contribution in [3.8, 4) is 0 Å². The first-order valence-electron chi connectivity index (χ1n) is 6.42. The van der Waals surface area contributed by atoms with Crippen LogP contribution in [-0.4, -0.2) is 30.9 Å². The Kier molecular flexibility index (Phi) is 4.12. The number of anilines is 1. The lowest BCUT2D eigenvalue weighted by Gasteiger charge is -2.18. The minimum absolute atomic E-state index is 0.0813. The number of likely N-dealkylation sites (tertiary alicyclic amines) is 1. The molecule has 2 rings (SSSR count). The molecular formula is C14H19ClN2O. The highest BCUT2D eigenvalue weighted by Gasteiger charge is 2.27. The van der Waals surface area contributed by atoms with Crippen LogP contribution < -0.4 is 5.32 Å². The van der Waals surface area contributed by atoms with Gasteiger partial charge in [0, 0.05) is 30.8 Å². The van der Waals surface area contributed by atoms with Crippen molar-refractivity contribution in [3.63, 3.8) is 0 Å². The Morgan fingerprint density at radius 3 is 2.94 bits per heavy atom. The van der Waals surface area contributed by atoms with Gasteiger partial charge in [0.05, 0.1) is 5.56 Å². The van der Waals surface area contributed by atoms with Crippen LogP contribution in [0.15, 0.2) is 18.2 Å². The number of hydrogen-bond acceptors (Lipinski definition) is 2. The Bertz CT molecular complexity index is 447. The lowest BCUT2D eigenvalue weighted by Crippen LogP contribution is -2.29. The largest absolute Gasteiger partial charge is 0.387 e. The highest BCUT2D eigenvalue weighted by atomic mass is 35.5. The van der Waals surface area contributed by atoms with Crippen molar-refractivity contribution in [2.24, 2.45) is 5.92 Å². The highest BCUT2D eigenvalue weighted by Crippen LogP contribution is 2.26. The summed E-state index contributed by atoms with van der Waals surface area (Å²) in [6, 6.07) is 5.39. The molecule has 1 aliphatic rings. The van der Waals surface area contributed by atoms with Crippen LogP contribution in [0.5, 0.6) is 0 Å². The van der Waals surface area contributed by atoms with Crippen molar-refractivity contribution in [1.82, 2.24) is 4.90 Å². The number of benzene rings is 1. The first-order chi connectivity index (χ1) is 8.65. The van der Waals surface area contributed by atoms with Crippen molar-refractivity contribution in [3.05, 3.63) is 28.8 Å². The average molecular weight is 267 g/mol. The summed E-state index contributed by atoms with van der Waals surface area (Å²) in [5, 5.41) is 3.65. The fourth-order valence-electron chi connectivity index (χ4n) is 2.43. The number of nitrogens with zero attached hydrogens (tertiary/aromatic N) is 1. The molecule has 1 fully saturated rings. The number of halogens is 1. The van der Waals surface area contributed by atoms with Gasteiger partial charge in [0.15, 0.2) is 0 Å². The molecule has 0 aromatic heterocycles. The van der Waals surface area contributed by atoms with Crippen molar-refractivity contribution in [1.29, 1.82) is 0 Å². The van der Waals surface area contributed by atoms with Crippen LogP contribution in [0, 0.1) is 5.92 Å². The summed E-state index contributed by atoms with van der Waals surface area (Å²) in [7, 11) is 1.82. The molecule has 1 aromatic carbocycles. The van der Waals surface area contributed by atoms with Crippen LogP contribution in [0.25, 0.3) is 0 Å². The number of hydrogen-bond donors (Lipinski definition) is 1. The van der Waals surface area contributed by atoms with Gasteiger partial charge in [-0.05, 0) is 30.5 Å². The maximum Gasteiger partial charge on any atom is 0.256 e. The Labute approximate surface area is 113 Å². The third kappa shape index (κ3) is 2.61. The molecule has 3 nitrogen and oxygen atoms in total. The zero-order valence-electron chi connectivity index (χ0n) is 10.9. The normalized spacial score (nSPS) is 19.1. The van der Waals surface area contributed by atoms with Crippen LogP contribution in [0.3, 0.4) is 0 Å². The van der Waals surface area contributed by atoms with Gasteiger partial charge in [-0.1, -0.05) is 24.9 Å². The standard InChI is InChI=1S/C14H19ClN2O/c1-3-10-6-7-17(9-10)14(18)12-8-11(15)4-5-13(12)16-2/h4-5,8,10,16H,3,6-7,9H2,1-2H3. The quantitative estimate of drug-likeness (QED) is 0.911. The third-order valence-corrected chi connectivity index (χ3v) is 3.87. The second-order valence-electron chi connectivity index (χ2n) is 4.75. The SMILES string of the molecule is CCC1CCN(C(=O)c2cc(Cl)ccc2NC)C1. The maximum absolute atomic E-state index is 12.5. The van der Waals surface area contributed by atoms with Gasteiger partial charge < -0.3 is 10.2 Å². The van der Waals surface area contributed by atoms with Gasteiger partial charge in [0.25, 0.3) is 5.91 Å². The molecule has 1 amide bonds. The molecule has 0 spiro atoms. The fourth-order valence-corrected chi connectivity index (χ4v) is 2.60. The summed E-state index contributed by atoms with van der Waals surface area (Å²) >= 11 is 5.98. The topological polar surface area (TPSA) is 32.3 Å². The van der Waals surface area contributed by atoms with Gasteiger partial charge in [0.1, 0.15) is 0 Å². The van der Waals surface area contributed by atoms with Gasteiger partial charge in [-0.3, -0.25) is 4.79 Å². The molecule has 1 unspecified atom stereocenters. The van der Waals surface area contributed by atoms with E-state index in [2.05, 4.69) is 12.2 Å². The van der Waals surface area contributed by atoms with E-state index in [4.69, 9.17) is 11.6 Å². The minimum atomic E-state index is 0.0813. The third-order valence-electron chi connectivity index (χ3n) is 3.63. The van der Waals surface area contributed by atoms with Crippen molar-refractivity contribution in [2.45, 2.75) is 19.8 Å². The lowest BCUT2D eigenvalue weighted by molar-refractivity contribution is 0.0788. The van der Waals surface area contributed by atoms with Gasteiger partial charge in [-0.15, -0.1) is 0 Å². The van der Waals surface area contributed by atoms with E-state index < -0.39 is 0 Å². The molecule has 0 radical (unpaired) electrons. The summed E-state index contributed by atoms with van der Waals surface area (Å²) < 4.78 is 0. The Balaban J connectivity index is 2.21. The second kappa shape index (κ2) is 5.61. The van der Waals surface area contributed by atoms with Crippen LogP contribution in [0.4, 0.5) is 5.69 Å². The van der Waals surface area contributed by atoms with Crippen LogP contribution in [0.2, 0.25) is 5.02 Å². The first kappa shape index (κ1) is 13.2. The smallest absolute Gasteiger partial charge is 0.256 e. The molecule has 1 aliphatic heterocycles. The van der Waals surface area contributed by atoms with E-state index in [0.717, 1.165) is 31.6 Å². The number of carbonyl (C=O) groups is 1. The molecule has 0 aliphatic carbocycles. The summed E-state index contributed by atoms with van der Waals surface area (Å²) in [4.78, 5) is 14.4. The van der Waals surface area contributed by atoms with Gasteiger partial charge in [0.2, 0.25) is 0 Å². The molecule has 98 valence electrons. The van der Waals surface area contributed by atoms with Crippen molar-refractivity contribution < 1.29 is 4.79 Å². The molecule has 1 aromatic rings. The molecule has 1 N–H and O–H groups in total. The van der Waals surface area contributed by atoms with E-state index in [9.17, 15) is 4.79 Å². The fraction of sp³-hybridized carbons (Fsp3) is 0.500. The highest BCUT2D eigenvalue weighted by molar-refractivity contribution is 6.31. The van der Waals surface area contributed by atoms with Crippen LogP contribution >= 0.6 is 11.6 Å². The number of amides is 1. The van der Waals surface area contributed by atoms with Crippen molar-refractivity contribution >= 4 is 23.2 Å². The lowest BCUT2D eigenvalue weighted by atomic mass is 10.1. The van der Waals surface area contributed by atoms with E-state index >= 15 is 0 Å². The first-order valence-corrected chi connectivity index (χ1v) is 6.80. The van der Waals surface area contributed by atoms with E-state index in [1.54, 1.807) is 12.1 Å². The molecular weight excluding hydrogens is 248 g/mol. The zero-order chi connectivity index (χ0) is 13.1. The summed E-state index contributed by atoms with van der Waals surface area (Å²) in [5.41, 5.74) is 1.51. The van der Waals surface area contributed by atoms with Gasteiger partial charge >= 0.3 is 0 Å². The average Bonchev–Trinajstić information content (AvgIpc) is 2.86. The van der Waals surface area contributed by atoms with Crippen LogP contribution in [-0.2, 0) is 0 Å². The van der Waals surface area contributed by atoms with E-state index in [-0.39, 0.29) is 5.91 Å². The molecule has 1 heterocycles. The molecule has 18 heavy (non-hydrogen) atoms. The minimum Gasteiger partial charge on any atom is -0.387 e. The maximum atomic E-state index is 12.5. The zero-order valence-corrected chi connectivity index (χ0v) is 11.6. The molecule has 1 atom stereocenters. The van der Waals surface area contributed by atoms with Gasteiger partial charge in [-0.2, -0.15) is 0 Å². The summed E-state index contributed by atoms with van der Waals surface area (Å²) in [6.07, 6.45) is 2.25. The van der Waals surface area contributed by atoms with Crippen molar-refractivity contribution in [2.75, 3.05) is 25.5 Å². The van der Waals surface area contributed by atoms with E-state index in [0.29, 0.717) is 16.5 Å². The summed E-state index contributed by atoms with van der Waals surface area (Å²) in [5.74, 6) is 0.726. The Hall–Kier alpha value is -1.22. The number of rotatable bonds is 3. The van der Waals surface area contributed by atoms with E-state index in [1.807, 2.05) is 18.0 Å². The van der Waals surface area contributed by atoms with E-state index in [1.165, 1.54) is 0 Å². The number of nitrogens with one attached hydrogen (secondary N) is 1. The Morgan fingerprint density at radius 1 is 1.56 bits per heavy atom. The summed E-state index contributed by atoms with van der Waals surface area (Å²) in [6.45, 7) is 3.90. The Morgan fingerprint density at radius 2 is 2.33 bits per heavy atom. The molecule has 4 heteroatoms. The molecule has 0 saturated carbocycles. The van der Waals surface area contributed by atoms with Crippen LogP contribution in [0.1, 0.15) is 30.1 Å². The number of carbonyl (C=O) groups excluding carboxylic acids is 1.